The minimum atomic E-state index is -1.13. The minimum Gasteiger partial charge on any atom is -0.390 e. The maximum absolute atomic E-state index is 10.8. The molecule has 0 radical (unpaired) electrons. The summed E-state index contributed by atoms with van der Waals surface area (Å²) in [4.78, 5) is 20.6. The molecular formula is C24H34N6O4S. The van der Waals surface area contributed by atoms with E-state index in [9.17, 15) is 15.3 Å². The van der Waals surface area contributed by atoms with Gasteiger partial charge in [0.1, 0.15) is 22.4 Å². The van der Waals surface area contributed by atoms with Crippen molar-refractivity contribution in [2.24, 2.45) is 5.92 Å². The molecule has 1 aliphatic carbocycles. The Morgan fingerprint density at radius 1 is 1.17 bits per heavy atom. The molecule has 3 aromatic rings. The summed E-state index contributed by atoms with van der Waals surface area (Å²) in [5, 5.41) is 36.1. The van der Waals surface area contributed by atoms with E-state index in [1.165, 1.54) is 11.3 Å². The highest BCUT2D eigenvalue weighted by atomic mass is 32.1. The Morgan fingerprint density at radius 3 is 2.54 bits per heavy atom. The van der Waals surface area contributed by atoms with Gasteiger partial charge in [-0.3, -0.25) is 4.98 Å². The van der Waals surface area contributed by atoms with Crippen LogP contribution >= 0.6 is 11.3 Å². The number of rotatable bonds is 8. The number of nitrogens with zero attached hydrogens (tertiary/aromatic N) is 5. The fourth-order valence-corrected chi connectivity index (χ4v) is 5.67. The monoisotopic (exact) mass is 502 g/mol. The highest BCUT2D eigenvalue weighted by Crippen LogP contribution is 2.40. The van der Waals surface area contributed by atoms with Gasteiger partial charge in [-0.1, -0.05) is 0 Å². The second-order valence-electron chi connectivity index (χ2n) is 9.74. The lowest BCUT2D eigenvalue weighted by atomic mass is 9.88. The van der Waals surface area contributed by atoms with E-state index in [1.54, 1.807) is 27.2 Å². The summed E-state index contributed by atoms with van der Waals surface area (Å²) < 4.78 is 6.21. The third-order valence-electron chi connectivity index (χ3n) is 6.67. The number of pyridine rings is 1. The molecule has 4 rings (SSSR count). The van der Waals surface area contributed by atoms with Gasteiger partial charge in [0.25, 0.3) is 0 Å². The molecule has 35 heavy (non-hydrogen) atoms. The van der Waals surface area contributed by atoms with Crippen molar-refractivity contribution in [2.75, 3.05) is 37.5 Å². The Labute approximate surface area is 209 Å². The van der Waals surface area contributed by atoms with Gasteiger partial charge in [0.05, 0.1) is 46.0 Å². The zero-order valence-corrected chi connectivity index (χ0v) is 21.8. The number of thiazole rings is 1. The average molecular weight is 503 g/mol. The van der Waals surface area contributed by atoms with Crippen LogP contribution in [0.3, 0.4) is 0 Å². The van der Waals surface area contributed by atoms with E-state index in [-0.39, 0.29) is 0 Å². The molecular weight excluding hydrogens is 468 g/mol. The Balaban J connectivity index is 1.78. The number of aryl methyl sites for hydroxylation is 2. The first-order valence-corrected chi connectivity index (χ1v) is 12.5. The molecule has 10 nitrogen and oxygen atoms in total. The summed E-state index contributed by atoms with van der Waals surface area (Å²) >= 11 is 1.53. The lowest BCUT2D eigenvalue weighted by Crippen LogP contribution is -2.40. The molecule has 1 aliphatic rings. The SMILES string of the molecule is COCCN(C)c1nc(C)c(-c2nc3c(C)nccc3s2)c(N[C@@H]2C[C@H](C(C)(C)O)[C@@H](O)[C@H]2O)n1. The van der Waals surface area contributed by atoms with Crippen molar-refractivity contribution in [3.05, 3.63) is 23.7 Å². The number of aliphatic hydroxyl groups excluding tert-OH is 2. The second-order valence-corrected chi connectivity index (χ2v) is 10.8. The number of hydrogen-bond donors (Lipinski definition) is 4. The van der Waals surface area contributed by atoms with Crippen LogP contribution < -0.4 is 10.2 Å². The molecule has 0 saturated heterocycles. The summed E-state index contributed by atoms with van der Waals surface area (Å²) in [5.41, 5.74) is 2.01. The predicted octanol–water partition coefficient (Wildman–Crippen LogP) is 2.14. The van der Waals surface area contributed by atoms with Gasteiger partial charge in [0.15, 0.2) is 0 Å². The van der Waals surface area contributed by atoms with Crippen LogP contribution in [0.5, 0.6) is 0 Å². The molecule has 0 spiro atoms. The van der Waals surface area contributed by atoms with Crippen molar-refractivity contribution in [1.82, 2.24) is 19.9 Å². The molecule has 3 heterocycles. The predicted molar refractivity (Wildman–Crippen MR) is 137 cm³/mol. The highest BCUT2D eigenvalue weighted by Gasteiger charge is 2.48. The fourth-order valence-electron chi connectivity index (χ4n) is 4.56. The normalized spacial score (nSPS) is 22.7. The third kappa shape index (κ3) is 5.10. The van der Waals surface area contributed by atoms with Gasteiger partial charge < -0.3 is 30.3 Å². The number of anilines is 2. The molecule has 190 valence electrons. The lowest BCUT2D eigenvalue weighted by molar-refractivity contribution is -0.0601. The quantitative estimate of drug-likeness (QED) is 0.363. The molecule has 0 bridgehead atoms. The van der Waals surface area contributed by atoms with Crippen LogP contribution in [0.2, 0.25) is 0 Å². The van der Waals surface area contributed by atoms with Crippen molar-refractivity contribution in [3.63, 3.8) is 0 Å². The zero-order valence-electron chi connectivity index (χ0n) is 21.0. The van der Waals surface area contributed by atoms with Crippen molar-refractivity contribution in [2.45, 2.75) is 58.0 Å². The van der Waals surface area contributed by atoms with E-state index in [1.807, 2.05) is 31.9 Å². The van der Waals surface area contributed by atoms with Gasteiger partial charge in [-0.2, -0.15) is 4.98 Å². The van der Waals surface area contributed by atoms with Gasteiger partial charge in [-0.15, -0.1) is 11.3 Å². The number of fused-ring (bicyclic) bond motifs is 1. The summed E-state index contributed by atoms with van der Waals surface area (Å²) in [6, 6.07) is 1.43. The van der Waals surface area contributed by atoms with Crippen LogP contribution in [-0.4, -0.2) is 86.4 Å². The van der Waals surface area contributed by atoms with E-state index < -0.39 is 29.8 Å². The van der Waals surface area contributed by atoms with Crippen LogP contribution in [0.15, 0.2) is 12.3 Å². The van der Waals surface area contributed by atoms with Gasteiger partial charge in [0.2, 0.25) is 5.95 Å². The topological polar surface area (TPSA) is 137 Å². The van der Waals surface area contributed by atoms with Crippen molar-refractivity contribution in [1.29, 1.82) is 0 Å². The molecule has 0 aliphatic heterocycles. The maximum atomic E-state index is 10.8. The smallest absolute Gasteiger partial charge is 0.227 e. The van der Waals surface area contributed by atoms with E-state index in [2.05, 4.69) is 10.3 Å². The lowest BCUT2D eigenvalue weighted by Gasteiger charge is -2.28. The van der Waals surface area contributed by atoms with Gasteiger partial charge in [-0.25, -0.2) is 9.97 Å². The van der Waals surface area contributed by atoms with Gasteiger partial charge >= 0.3 is 0 Å². The summed E-state index contributed by atoms with van der Waals surface area (Å²) in [7, 11) is 3.54. The fraction of sp³-hybridized carbons (Fsp3) is 0.583. The van der Waals surface area contributed by atoms with E-state index in [0.717, 1.165) is 32.2 Å². The molecule has 4 atom stereocenters. The van der Waals surface area contributed by atoms with E-state index >= 15 is 0 Å². The first kappa shape index (κ1) is 25.6. The Morgan fingerprint density at radius 2 is 1.91 bits per heavy atom. The molecule has 0 unspecified atom stereocenters. The number of aliphatic hydroxyl groups is 3. The summed E-state index contributed by atoms with van der Waals surface area (Å²) in [5.74, 6) is 0.548. The third-order valence-corrected chi connectivity index (χ3v) is 7.70. The number of nitrogens with one attached hydrogen (secondary N) is 1. The molecule has 0 amide bonds. The minimum absolute atomic E-state index is 0.381. The first-order chi connectivity index (χ1) is 16.5. The Hall–Kier alpha value is -2.44. The van der Waals surface area contributed by atoms with Crippen molar-refractivity contribution >= 4 is 33.3 Å². The maximum Gasteiger partial charge on any atom is 0.227 e. The van der Waals surface area contributed by atoms with Gasteiger partial charge in [0, 0.05) is 32.8 Å². The zero-order chi connectivity index (χ0) is 25.5. The van der Waals surface area contributed by atoms with Crippen LogP contribution in [0.4, 0.5) is 11.8 Å². The van der Waals surface area contributed by atoms with Crippen LogP contribution in [-0.2, 0) is 4.74 Å². The number of aromatic nitrogens is 4. The molecule has 11 heteroatoms. The van der Waals surface area contributed by atoms with Crippen LogP contribution in [0.1, 0.15) is 31.7 Å². The standard InChI is InChI=1S/C24H34N6O4S/c1-12-17(22-28-18-13(2)25-8-7-16(18)35-22)21(29-23(26-12)30(5)9-10-34-6)27-15-11-14(24(3,4)33)19(31)20(15)32/h7-8,14-15,19-20,31-33H,9-11H2,1-6H3,(H,26,27,29)/t14-,15+,19+,20-/m0/s1. The van der Waals surface area contributed by atoms with Crippen molar-refractivity contribution in [3.8, 4) is 10.6 Å². The molecule has 1 fully saturated rings. The molecule has 0 aromatic carbocycles. The van der Waals surface area contributed by atoms with E-state index in [0.29, 0.717) is 31.3 Å². The van der Waals surface area contributed by atoms with Crippen LogP contribution in [0, 0.1) is 19.8 Å². The Kier molecular flexibility index (Phi) is 7.26. The number of likely N-dealkylation sites (N-methyl/N-ethyl adjacent to an activating group) is 1. The summed E-state index contributed by atoms with van der Waals surface area (Å²) in [6.45, 7) is 8.26. The number of methoxy groups -OCH3 is 1. The van der Waals surface area contributed by atoms with Crippen LogP contribution in [0.25, 0.3) is 20.8 Å². The summed E-state index contributed by atoms with van der Waals surface area (Å²) in [6.07, 6.45) is 0.0275. The van der Waals surface area contributed by atoms with E-state index in [4.69, 9.17) is 19.7 Å². The van der Waals surface area contributed by atoms with Crippen molar-refractivity contribution < 1.29 is 20.1 Å². The largest absolute Gasteiger partial charge is 0.390 e. The highest BCUT2D eigenvalue weighted by molar-refractivity contribution is 7.21. The molecule has 3 aromatic heterocycles. The average Bonchev–Trinajstić information content (AvgIpc) is 3.34. The molecule has 1 saturated carbocycles. The first-order valence-electron chi connectivity index (χ1n) is 11.7. The number of ether oxygens (including phenoxy) is 1. The number of hydrogen-bond acceptors (Lipinski definition) is 11. The Bertz CT molecular complexity index is 1200. The second kappa shape index (κ2) is 9.90. The van der Waals surface area contributed by atoms with Gasteiger partial charge in [-0.05, 0) is 40.2 Å². The molecule has 4 N–H and O–H groups in total.